The van der Waals surface area contributed by atoms with Gasteiger partial charge in [-0.3, -0.25) is 14.4 Å². The van der Waals surface area contributed by atoms with Gasteiger partial charge >= 0.3 is 0 Å². The molecule has 1 fully saturated rings. The van der Waals surface area contributed by atoms with E-state index in [0.717, 1.165) is 6.42 Å². The Morgan fingerprint density at radius 2 is 1.88 bits per heavy atom. The Hall–Kier alpha value is -2.89. The number of aryl methyl sites for hydroxylation is 1. The highest BCUT2D eigenvalue weighted by Gasteiger charge is 2.39. The summed E-state index contributed by atoms with van der Waals surface area (Å²) in [6.45, 7) is 2.04. The molecule has 0 spiro atoms. The van der Waals surface area contributed by atoms with Gasteiger partial charge in [0.25, 0.3) is 5.91 Å². The maximum atomic E-state index is 12.3. The Balaban J connectivity index is 1.70. The number of hydrogen-bond donors (Lipinski definition) is 2. The Morgan fingerprint density at radius 3 is 2.54 bits per heavy atom. The van der Waals surface area contributed by atoms with Crippen molar-refractivity contribution in [3.63, 3.8) is 0 Å². The van der Waals surface area contributed by atoms with E-state index in [0.29, 0.717) is 22.9 Å². The molecule has 0 bridgehead atoms. The van der Waals surface area contributed by atoms with Crippen LogP contribution < -0.4 is 16.2 Å². The van der Waals surface area contributed by atoms with Crippen LogP contribution in [0.1, 0.15) is 23.7 Å². The molecule has 0 saturated heterocycles. The fourth-order valence-corrected chi connectivity index (χ4v) is 2.53. The Bertz CT molecular complexity index is 857. The highest BCUT2D eigenvalue weighted by atomic mass is 16.2. The van der Waals surface area contributed by atoms with Crippen LogP contribution in [0.2, 0.25) is 0 Å². The molecule has 6 heteroatoms. The molecular weight excluding hydrogens is 306 g/mol. The standard InChI is InChI=1S/C18H19N3O3/c1-11-8-15(11)18(24)19-13-5-3-4-12(9-13)17(23)20-14-6-7-16(22)21(2)10-14/h3-7,9-11,15H,8H2,1-2H3,(H,19,24)(H,20,23)/t11-,15-/m0/s1. The molecule has 1 aromatic heterocycles. The van der Waals surface area contributed by atoms with E-state index >= 15 is 0 Å². The van der Waals surface area contributed by atoms with Crippen molar-refractivity contribution in [3.8, 4) is 0 Å². The predicted molar refractivity (Wildman–Crippen MR) is 92.0 cm³/mol. The molecule has 1 aliphatic rings. The van der Waals surface area contributed by atoms with Crippen LogP contribution in [0.3, 0.4) is 0 Å². The van der Waals surface area contributed by atoms with Crippen molar-refractivity contribution in [2.45, 2.75) is 13.3 Å². The lowest BCUT2D eigenvalue weighted by atomic mass is 10.1. The summed E-state index contributed by atoms with van der Waals surface area (Å²) >= 11 is 0. The summed E-state index contributed by atoms with van der Waals surface area (Å²) in [5.41, 5.74) is 1.42. The molecule has 124 valence electrons. The number of aromatic nitrogens is 1. The van der Waals surface area contributed by atoms with Crippen LogP contribution in [-0.4, -0.2) is 16.4 Å². The summed E-state index contributed by atoms with van der Waals surface area (Å²) in [6, 6.07) is 9.74. The van der Waals surface area contributed by atoms with Crippen LogP contribution in [0, 0.1) is 11.8 Å². The summed E-state index contributed by atoms with van der Waals surface area (Å²) in [4.78, 5) is 35.7. The number of anilines is 2. The molecule has 24 heavy (non-hydrogen) atoms. The highest BCUT2D eigenvalue weighted by Crippen LogP contribution is 2.38. The van der Waals surface area contributed by atoms with Crippen LogP contribution >= 0.6 is 0 Å². The van der Waals surface area contributed by atoms with Crippen LogP contribution in [0.5, 0.6) is 0 Å². The molecule has 0 aliphatic heterocycles. The molecule has 1 saturated carbocycles. The van der Waals surface area contributed by atoms with Gasteiger partial charge in [-0.1, -0.05) is 13.0 Å². The fraction of sp³-hybridized carbons (Fsp3) is 0.278. The van der Waals surface area contributed by atoms with Crippen LogP contribution in [-0.2, 0) is 11.8 Å². The van der Waals surface area contributed by atoms with Gasteiger partial charge in [-0.25, -0.2) is 0 Å². The lowest BCUT2D eigenvalue weighted by Crippen LogP contribution is -2.18. The minimum Gasteiger partial charge on any atom is -0.326 e. The number of carbonyl (C=O) groups excluding carboxylic acids is 2. The quantitative estimate of drug-likeness (QED) is 0.904. The van der Waals surface area contributed by atoms with E-state index in [2.05, 4.69) is 10.6 Å². The van der Waals surface area contributed by atoms with E-state index in [-0.39, 0.29) is 23.3 Å². The number of rotatable bonds is 4. The van der Waals surface area contributed by atoms with Crippen LogP contribution in [0.25, 0.3) is 0 Å². The number of nitrogens with zero attached hydrogens (tertiary/aromatic N) is 1. The van der Waals surface area contributed by atoms with Crippen LogP contribution in [0.15, 0.2) is 47.4 Å². The molecular formula is C18H19N3O3. The molecule has 2 amide bonds. The second-order valence-electron chi connectivity index (χ2n) is 6.21. The number of pyridine rings is 1. The average molecular weight is 325 g/mol. The number of carbonyl (C=O) groups is 2. The third-order valence-electron chi connectivity index (χ3n) is 4.18. The van der Waals surface area contributed by atoms with Gasteiger partial charge < -0.3 is 15.2 Å². The topological polar surface area (TPSA) is 80.2 Å². The van der Waals surface area contributed by atoms with E-state index in [1.807, 2.05) is 6.92 Å². The van der Waals surface area contributed by atoms with Gasteiger partial charge in [0.15, 0.2) is 0 Å². The Labute approximate surface area is 139 Å². The molecule has 0 unspecified atom stereocenters. The van der Waals surface area contributed by atoms with Gasteiger partial charge in [0, 0.05) is 36.5 Å². The van der Waals surface area contributed by atoms with E-state index in [9.17, 15) is 14.4 Å². The first-order valence-corrected chi connectivity index (χ1v) is 7.83. The summed E-state index contributed by atoms with van der Waals surface area (Å²) in [6.07, 6.45) is 2.47. The Morgan fingerprint density at radius 1 is 1.12 bits per heavy atom. The number of benzene rings is 1. The number of amides is 2. The molecule has 2 atom stereocenters. The van der Waals surface area contributed by atoms with Crippen molar-refractivity contribution in [3.05, 3.63) is 58.5 Å². The number of nitrogens with one attached hydrogen (secondary N) is 2. The zero-order chi connectivity index (χ0) is 17.3. The van der Waals surface area contributed by atoms with E-state index in [1.54, 1.807) is 43.6 Å². The van der Waals surface area contributed by atoms with Gasteiger partial charge in [-0.05, 0) is 36.6 Å². The van der Waals surface area contributed by atoms with Crippen molar-refractivity contribution in [2.75, 3.05) is 10.6 Å². The average Bonchev–Trinajstić information content (AvgIpc) is 3.28. The molecule has 2 aromatic rings. The van der Waals surface area contributed by atoms with E-state index in [4.69, 9.17) is 0 Å². The third kappa shape index (κ3) is 3.53. The zero-order valence-corrected chi connectivity index (χ0v) is 13.6. The molecule has 1 heterocycles. The fourth-order valence-electron chi connectivity index (χ4n) is 2.53. The summed E-state index contributed by atoms with van der Waals surface area (Å²) in [5.74, 6) is 0.206. The minimum atomic E-state index is -0.301. The SMILES string of the molecule is C[C@H]1C[C@@H]1C(=O)Nc1cccc(C(=O)Nc2ccc(=O)n(C)c2)c1. The van der Waals surface area contributed by atoms with E-state index in [1.165, 1.54) is 10.6 Å². The first kappa shape index (κ1) is 16.0. The third-order valence-corrected chi connectivity index (χ3v) is 4.18. The van der Waals surface area contributed by atoms with Crippen molar-refractivity contribution < 1.29 is 9.59 Å². The second-order valence-corrected chi connectivity index (χ2v) is 6.21. The molecule has 3 rings (SSSR count). The van der Waals surface area contributed by atoms with Crippen molar-refractivity contribution in [1.82, 2.24) is 4.57 Å². The largest absolute Gasteiger partial charge is 0.326 e. The molecule has 1 aromatic carbocycles. The van der Waals surface area contributed by atoms with Crippen LogP contribution in [0.4, 0.5) is 11.4 Å². The van der Waals surface area contributed by atoms with Crippen molar-refractivity contribution >= 4 is 23.2 Å². The summed E-state index contributed by atoms with van der Waals surface area (Å²) in [7, 11) is 1.62. The first-order valence-electron chi connectivity index (χ1n) is 7.83. The molecule has 0 radical (unpaired) electrons. The summed E-state index contributed by atoms with van der Waals surface area (Å²) < 4.78 is 1.39. The molecule has 1 aliphatic carbocycles. The predicted octanol–water partition coefficient (Wildman–Crippen LogP) is 2.23. The van der Waals surface area contributed by atoms with Crippen molar-refractivity contribution in [1.29, 1.82) is 0 Å². The summed E-state index contributed by atoms with van der Waals surface area (Å²) in [5, 5.41) is 5.58. The maximum Gasteiger partial charge on any atom is 0.255 e. The van der Waals surface area contributed by atoms with Gasteiger partial charge in [0.2, 0.25) is 11.5 Å². The highest BCUT2D eigenvalue weighted by molar-refractivity contribution is 6.05. The van der Waals surface area contributed by atoms with Gasteiger partial charge in [-0.2, -0.15) is 0 Å². The molecule has 2 N–H and O–H groups in total. The number of hydrogen-bond acceptors (Lipinski definition) is 3. The smallest absolute Gasteiger partial charge is 0.255 e. The lowest BCUT2D eigenvalue weighted by Gasteiger charge is -2.09. The monoisotopic (exact) mass is 325 g/mol. The van der Waals surface area contributed by atoms with Crippen molar-refractivity contribution in [2.24, 2.45) is 18.9 Å². The second kappa shape index (κ2) is 6.31. The van der Waals surface area contributed by atoms with Gasteiger partial charge in [-0.15, -0.1) is 0 Å². The molecule has 6 nitrogen and oxygen atoms in total. The van der Waals surface area contributed by atoms with Gasteiger partial charge in [0.1, 0.15) is 0 Å². The zero-order valence-electron chi connectivity index (χ0n) is 13.6. The normalized spacial score (nSPS) is 18.8. The van der Waals surface area contributed by atoms with Gasteiger partial charge in [0.05, 0.1) is 5.69 Å². The maximum absolute atomic E-state index is 12.3. The lowest BCUT2D eigenvalue weighted by molar-refractivity contribution is -0.117. The minimum absolute atomic E-state index is 0.00174. The van der Waals surface area contributed by atoms with E-state index < -0.39 is 0 Å². The first-order chi connectivity index (χ1) is 11.4. The Kier molecular flexibility index (Phi) is 4.20.